The Kier molecular flexibility index (Phi) is 4.68. The molecule has 0 aromatic heterocycles. The van der Waals surface area contributed by atoms with Crippen molar-refractivity contribution in [3.63, 3.8) is 0 Å². The van der Waals surface area contributed by atoms with E-state index in [1.54, 1.807) is 14.1 Å². The number of rotatable bonds is 4. The maximum Gasteiger partial charge on any atom is 0.248 e. The molecule has 1 amide bonds. The summed E-state index contributed by atoms with van der Waals surface area (Å²) < 4.78 is 36.3. The highest BCUT2D eigenvalue weighted by molar-refractivity contribution is 7.88. The van der Waals surface area contributed by atoms with Crippen molar-refractivity contribution in [1.82, 2.24) is 9.21 Å². The minimum Gasteiger partial charge on any atom is -0.372 e. The molecule has 8 heteroatoms. The SMILES string of the molecule is CN(C)C(=O)CO[C@@H]1CC[C@H]2[C@H]1OCCN2S(C)(=O)=O. The predicted molar refractivity (Wildman–Crippen MR) is 72.7 cm³/mol. The van der Waals surface area contributed by atoms with Gasteiger partial charge in [-0.1, -0.05) is 0 Å². The van der Waals surface area contributed by atoms with Gasteiger partial charge >= 0.3 is 0 Å². The van der Waals surface area contributed by atoms with Crippen molar-refractivity contribution < 1.29 is 22.7 Å². The smallest absolute Gasteiger partial charge is 0.248 e. The van der Waals surface area contributed by atoms with E-state index in [1.807, 2.05) is 0 Å². The Hall–Kier alpha value is -0.700. The molecule has 20 heavy (non-hydrogen) atoms. The van der Waals surface area contributed by atoms with Gasteiger partial charge in [0, 0.05) is 20.6 Å². The Morgan fingerprint density at radius 2 is 2.10 bits per heavy atom. The van der Waals surface area contributed by atoms with Crippen LogP contribution >= 0.6 is 0 Å². The first-order valence-corrected chi connectivity index (χ1v) is 8.55. The van der Waals surface area contributed by atoms with Crippen molar-refractivity contribution in [2.75, 3.05) is 40.1 Å². The molecule has 0 unspecified atom stereocenters. The number of sulfonamides is 1. The third-order valence-corrected chi connectivity index (χ3v) is 5.14. The fourth-order valence-corrected chi connectivity index (χ4v) is 3.90. The molecule has 1 heterocycles. The second-order valence-electron chi connectivity index (χ2n) is 5.49. The van der Waals surface area contributed by atoms with Crippen molar-refractivity contribution >= 4 is 15.9 Å². The Morgan fingerprint density at radius 1 is 1.40 bits per heavy atom. The first-order valence-electron chi connectivity index (χ1n) is 6.71. The molecule has 1 aliphatic heterocycles. The number of carbonyl (C=O) groups excluding carboxylic acids is 1. The highest BCUT2D eigenvalue weighted by atomic mass is 32.2. The van der Waals surface area contributed by atoms with Crippen LogP contribution in [0.1, 0.15) is 12.8 Å². The van der Waals surface area contributed by atoms with Crippen LogP contribution in [-0.2, 0) is 24.3 Å². The number of carbonyl (C=O) groups is 1. The van der Waals surface area contributed by atoms with Crippen LogP contribution in [0, 0.1) is 0 Å². The fraction of sp³-hybridized carbons (Fsp3) is 0.917. The average Bonchev–Trinajstić information content (AvgIpc) is 2.77. The third kappa shape index (κ3) is 3.30. The second-order valence-corrected chi connectivity index (χ2v) is 7.43. The van der Waals surface area contributed by atoms with Crippen LogP contribution in [-0.4, -0.2) is 81.9 Å². The topological polar surface area (TPSA) is 76.2 Å². The van der Waals surface area contributed by atoms with Crippen molar-refractivity contribution in [3.8, 4) is 0 Å². The number of nitrogens with zero attached hydrogens (tertiary/aromatic N) is 2. The van der Waals surface area contributed by atoms with Crippen LogP contribution in [0.2, 0.25) is 0 Å². The first-order chi connectivity index (χ1) is 9.30. The summed E-state index contributed by atoms with van der Waals surface area (Å²) in [6.45, 7) is 0.766. The van der Waals surface area contributed by atoms with E-state index in [1.165, 1.54) is 15.5 Å². The van der Waals surface area contributed by atoms with Crippen LogP contribution in [0.25, 0.3) is 0 Å². The number of morpholine rings is 1. The van der Waals surface area contributed by atoms with Crippen LogP contribution < -0.4 is 0 Å². The van der Waals surface area contributed by atoms with Crippen molar-refractivity contribution in [3.05, 3.63) is 0 Å². The average molecular weight is 306 g/mol. The summed E-state index contributed by atoms with van der Waals surface area (Å²) in [5, 5.41) is 0. The van der Waals surface area contributed by atoms with Gasteiger partial charge in [0.1, 0.15) is 12.7 Å². The standard InChI is InChI=1S/C12H22N2O5S/c1-13(2)11(15)8-19-10-5-4-9-12(10)18-7-6-14(9)20(3,16)17/h9-10,12H,4-8H2,1-3H3/t9-,10+,12+/m0/s1. The predicted octanol–water partition coefficient (Wildman–Crippen LogP) is -0.717. The van der Waals surface area contributed by atoms with E-state index in [4.69, 9.17) is 9.47 Å². The molecule has 0 bridgehead atoms. The van der Waals surface area contributed by atoms with Gasteiger partial charge in [-0.3, -0.25) is 4.79 Å². The molecule has 0 aromatic carbocycles. The van der Waals surface area contributed by atoms with E-state index in [-0.39, 0.29) is 30.8 Å². The van der Waals surface area contributed by atoms with E-state index in [9.17, 15) is 13.2 Å². The molecule has 1 aliphatic carbocycles. The molecule has 0 spiro atoms. The van der Waals surface area contributed by atoms with Crippen LogP contribution in [0.3, 0.4) is 0 Å². The van der Waals surface area contributed by atoms with Gasteiger partial charge in [0.2, 0.25) is 15.9 Å². The molecule has 0 N–H and O–H groups in total. The fourth-order valence-electron chi connectivity index (χ4n) is 2.78. The lowest BCUT2D eigenvalue weighted by Gasteiger charge is -2.37. The number of hydrogen-bond acceptors (Lipinski definition) is 5. The zero-order valence-corrected chi connectivity index (χ0v) is 12.9. The van der Waals surface area contributed by atoms with E-state index in [0.717, 1.165) is 0 Å². The highest BCUT2D eigenvalue weighted by Crippen LogP contribution is 2.33. The van der Waals surface area contributed by atoms with Gasteiger partial charge < -0.3 is 14.4 Å². The Morgan fingerprint density at radius 3 is 2.70 bits per heavy atom. The molecule has 3 atom stereocenters. The summed E-state index contributed by atoms with van der Waals surface area (Å²) in [6.07, 6.45) is 2.15. The molecule has 2 aliphatic rings. The zero-order valence-electron chi connectivity index (χ0n) is 12.1. The number of likely N-dealkylation sites (N-methyl/N-ethyl adjacent to an activating group) is 1. The monoisotopic (exact) mass is 306 g/mol. The number of fused-ring (bicyclic) bond motifs is 1. The first kappa shape index (κ1) is 15.7. The number of hydrogen-bond donors (Lipinski definition) is 0. The van der Waals surface area contributed by atoms with E-state index in [0.29, 0.717) is 26.0 Å². The van der Waals surface area contributed by atoms with E-state index in [2.05, 4.69) is 0 Å². The molecule has 116 valence electrons. The van der Waals surface area contributed by atoms with Gasteiger partial charge in [-0.25, -0.2) is 8.42 Å². The molecule has 0 radical (unpaired) electrons. The van der Waals surface area contributed by atoms with Crippen molar-refractivity contribution in [1.29, 1.82) is 0 Å². The molecule has 0 aromatic rings. The maximum absolute atomic E-state index is 11.8. The van der Waals surface area contributed by atoms with Crippen LogP contribution in [0.5, 0.6) is 0 Å². The van der Waals surface area contributed by atoms with Gasteiger partial charge in [0.05, 0.1) is 25.0 Å². The van der Waals surface area contributed by atoms with Gasteiger partial charge in [-0.05, 0) is 12.8 Å². The normalized spacial score (nSPS) is 31.1. The highest BCUT2D eigenvalue weighted by Gasteiger charge is 2.46. The minimum atomic E-state index is -3.23. The minimum absolute atomic E-state index is 0.00310. The summed E-state index contributed by atoms with van der Waals surface area (Å²) in [4.78, 5) is 13.0. The third-order valence-electron chi connectivity index (χ3n) is 3.83. The molecular formula is C12H22N2O5S. The van der Waals surface area contributed by atoms with Crippen molar-refractivity contribution in [2.24, 2.45) is 0 Å². The summed E-state index contributed by atoms with van der Waals surface area (Å²) in [7, 11) is 0.119. The summed E-state index contributed by atoms with van der Waals surface area (Å²) >= 11 is 0. The number of ether oxygens (including phenoxy) is 2. The zero-order chi connectivity index (χ0) is 14.9. The molecule has 7 nitrogen and oxygen atoms in total. The molecule has 1 saturated carbocycles. The molecule has 2 fully saturated rings. The lowest BCUT2D eigenvalue weighted by atomic mass is 10.1. The van der Waals surface area contributed by atoms with Crippen molar-refractivity contribution in [2.45, 2.75) is 31.1 Å². The van der Waals surface area contributed by atoms with Gasteiger partial charge in [-0.2, -0.15) is 4.31 Å². The van der Waals surface area contributed by atoms with Crippen LogP contribution in [0.15, 0.2) is 0 Å². The van der Waals surface area contributed by atoms with Crippen LogP contribution in [0.4, 0.5) is 0 Å². The lowest BCUT2D eigenvalue weighted by molar-refractivity contribution is -0.141. The Bertz CT molecular complexity index is 464. The van der Waals surface area contributed by atoms with Gasteiger partial charge in [-0.15, -0.1) is 0 Å². The Labute approximate surface area is 119 Å². The lowest BCUT2D eigenvalue weighted by Crippen LogP contribution is -2.53. The Balaban J connectivity index is 1.98. The molecule has 1 saturated heterocycles. The largest absolute Gasteiger partial charge is 0.372 e. The van der Waals surface area contributed by atoms with E-state index >= 15 is 0 Å². The quantitative estimate of drug-likeness (QED) is 0.685. The number of amides is 1. The summed E-state index contributed by atoms with van der Waals surface area (Å²) in [6, 6.07) is -0.168. The summed E-state index contributed by atoms with van der Waals surface area (Å²) in [5.74, 6) is -0.107. The molecular weight excluding hydrogens is 284 g/mol. The second kappa shape index (κ2) is 5.97. The maximum atomic E-state index is 11.8. The summed E-state index contributed by atoms with van der Waals surface area (Å²) in [5.41, 5.74) is 0. The van der Waals surface area contributed by atoms with Gasteiger partial charge in [0.15, 0.2) is 0 Å². The van der Waals surface area contributed by atoms with E-state index < -0.39 is 10.0 Å². The van der Waals surface area contributed by atoms with Gasteiger partial charge in [0.25, 0.3) is 0 Å². The molecule has 2 rings (SSSR count).